The number of carbonyl (C=O) groups is 2. The first-order valence-electron chi connectivity index (χ1n) is 7.55. The van der Waals surface area contributed by atoms with Gasteiger partial charge in [0, 0.05) is 13.1 Å². The van der Waals surface area contributed by atoms with Crippen LogP contribution in [0.5, 0.6) is 5.75 Å². The van der Waals surface area contributed by atoms with Crippen LogP contribution in [0.1, 0.15) is 29.5 Å². The first kappa shape index (κ1) is 18.5. The number of ether oxygens (including phenoxy) is 1. The topological polar surface area (TPSA) is 91.2 Å². The van der Waals surface area contributed by atoms with Crippen LogP contribution in [0.3, 0.4) is 0 Å². The number of benzene rings is 1. The van der Waals surface area contributed by atoms with E-state index in [1.165, 1.54) is 0 Å². The maximum Gasteiger partial charge on any atom is 0.257 e. The second-order valence-electron chi connectivity index (χ2n) is 5.33. The van der Waals surface area contributed by atoms with E-state index in [1.54, 1.807) is 6.07 Å². The molecule has 2 amide bonds. The predicted molar refractivity (Wildman–Crippen MR) is 87.0 cm³/mol. The number of amides is 2. The Morgan fingerprint density at radius 1 is 1.09 bits per heavy atom. The largest absolute Gasteiger partial charge is 0.483 e. The van der Waals surface area contributed by atoms with Gasteiger partial charge in [-0.15, -0.1) is 0 Å². The van der Waals surface area contributed by atoms with Gasteiger partial charge in [0.25, 0.3) is 5.91 Å². The highest BCUT2D eigenvalue weighted by atomic mass is 16.5. The first-order chi connectivity index (χ1) is 11.0. The monoisotopic (exact) mass is 317 g/mol. The molecule has 1 rings (SSSR count). The fraction of sp³-hybridized carbons (Fsp3) is 0.471. The van der Waals surface area contributed by atoms with Crippen LogP contribution in [0.4, 0.5) is 0 Å². The minimum atomic E-state index is -0.299. The molecule has 23 heavy (non-hydrogen) atoms. The molecule has 0 fully saturated rings. The van der Waals surface area contributed by atoms with Gasteiger partial charge in [-0.25, -0.2) is 0 Å². The molecule has 0 atom stereocenters. The van der Waals surface area contributed by atoms with Crippen molar-refractivity contribution in [3.05, 3.63) is 28.8 Å². The number of carbonyl (C=O) groups excluding carboxylic acids is 2. The zero-order valence-corrected chi connectivity index (χ0v) is 13.9. The third kappa shape index (κ3) is 6.39. The molecule has 124 valence electrons. The van der Waals surface area contributed by atoms with E-state index < -0.39 is 0 Å². The molecule has 1 aromatic carbocycles. The number of hydrogen-bond donors (Lipinski definition) is 2. The number of aryl methyl sites for hydroxylation is 2. The molecule has 0 aliphatic heterocycles. The molecule has 0 aromatic heterocycles. The molecule has 6 heteroatoms. The molecule has 0 aliphatic carbocycles. The lowest BCUT2D eigenvalue weighted by Gasteiger charge is -2.14. The van der Waals surface area contributed by atoms with Crippen LogP contribution in [-0.4, -0.2) is 31.5 Å². The maximum atomic E-state index is 11.8. The second-order valence-corrected chi connectivity index (χ2v) is 5.33. The van der Waals surface area contributed by atoms with Gasteiger partial charge in [-0.3, -0.25) is 9.59 Å². The fourth-order valence-electron chi connectivity index (χ4n) is 2.01. The summed E-state index contributed by atoms with van der Waals surface area (Å²) in [6.45, 7) is 6.76. The van der Waals surface area contributed by atoms with E-state index in [4.69, 9.17) is 10.00 Å². The number of rotatable bonds is 8. The van der Waals surface area contributed by atoms with E-state index in [2.05, 4.69) is 10.6 Å². The molecular weight excluding hydrogens is 294 g/mol. The van der Waals surface area contributed by atoms with Gasteiger partial charge >= 0.3 is 0 Å². The Bertz CT molecular complexity index is 606. The summed E-state index contributed by atoms with van der Waals surface area (Å²) in [5, 5.41) is 13.7. The second kappa shape index (κ2) is 9.46. The molecule has 0 spiro atoms. The minimum absolute atomic E-state index is 0.0358. The normalized spacial score (nSPS) is 9.83. The van der Waals surface area contributed by atoms with Crippen LogP contribution < -0.4 is 15.4 Å². The molecule has 0 saturated heterocycles. The van der Waals surface area contributed by atoms with E-state index >= 15 is 0 Å². The highest BCUT2D eigenvalue weighted by molar-refractivity contribution is 5.78. The average Bonchev–Trinajstić information content (AvgIpc) is 2.51. The maximum absolute atomic E-state index is 11.8. The molecule has 0 bridgehead atoms. The Labute approximate surface area is 136 Å². The lowest BCUT2D eigenvalue weighted by molar-refractivity contribution is -0.123. The van der Waals surface area contributed by atoms with Crippen molar-refractivity contribution in [2.75, 3.05) is 19.7 Å². The van der Waals surface area contributed by atoms with Crippen LogP contribution in [0.25, 0.3) is 0 Å². The van der Waals surface area contributed by atoms with Crippen molar-refractivity contribution in [1.82, 2.24) is 10.6 Å². The van der Waals surface area contributed by atoms with E-state index in [0.29, 0.717) is 19.5 Å². The number of nitriles is 1. The molecule has 2 N–H and O–H groups in total. The van der Waals surface area contributed by atoms with Crippen molar-refractivity contribution in [1.29, 1.82) is 5.26 Å². The van der Waals surface area contributed by atoms with Crippen molar-refractivity contribution in [2.45, 2.75) is 33.6 Å². The van der Waals surface area contributed by atoms with Gasteiger partial charge in [0.1, 0.15) is 12.2 Å². The van der Waals surface area contributed by atoms with Gasteiger partial charge in [-0.1, -0.05) is 12.1 Å². The van der Waals surface area contributed by atoms with Crippen molar-refractivity contribution < 1.29 is 14.3 Å². The van der Waals surface area contributed by atoms with Crippen molar-refractivity contribution >= 4 is 11.8 Å². The van der Waals surface area contributed by atoms with Gasteiger partial charge in [-0.05, 0) is 43.9 Å². The smallest absolute Gasteiger partial charge is 0.257 e. The van der Waals surface area contributed by atoms with Gasteiger partial charge in [0.2, 0.25) is 5.91 Å². The molecule has 6 nitrogen and oxygen atoms in total. The van der Waals surface area contributed by atoms with Gasteiger partial charge < -0.3 is 15.4 Å². The van der Waals surface area contributed by atoms with Crippen LogP contribution in [0.15, 0.2) is 12.1 Å². The highest BCUT2D eigenvalue weighted by Crippen LogP contribution is 2.25. The third-order valence-electron chi connectivity index (χ3n) is 3.46. The number of hydrogen-bond acceptors (Lipinski definition) is 4. The Hall–Kier alpha value is -2.55. The average molecular weight is 317 g/mol. The minimum Gasteiger partial charge on any atom is -0.483 e. The van der Waals surface area contributed by atoms with Crippen LogP contribution in [0, 0.1) is 32.1 Å². The molecule has 0 aliphatic rings. The summed E-state index contributed by atoms with van der Waals surface area (Å²) in [6, 6.07) is 5.77. The fourth-order valence-corrected chi connectivity index (χ4v) is 2.01. The molecule has 0 radical (unpaired) electrons. The lowest BCUT2D eigenvalue weighted by atomic mass is 10.1. The van der Waals surface area contributed by atoms with Gasteiger partial charge in [0.05, 0.1) is 6.07 Å². The Morgan fingerprint density at radius 2 is 1.70 bits per heavy atom. The van der Waals surface area contributed by atoms with Crippen molar-refractivity contribution in [3.63, 3.8) is 0 Å². The van der Waals surface area contributed by atoms with Crippen molar-refractivity contribution in [3.8, 4) is 11.8 Å². The molecule has 0 unspecified atom stereocenters. The SMILES string of the molecule is Cc1ccc(C)c(OCC(=O)NCCCNC(=O)CC#N)c1C. The predicted octanol–water partition coefficient (Wildman–Crippen LogP) is 1.53. The summed E-state index contributed by atoms with van der Waals surface area (Å²) in [5.41, 5.74) is 3.17. The molecule has 0 saturated carbocycles. The van der Waals surface area contributed by atoms with Gasteiger partial charge in [0.15, 0.2) is 6.61 Å². The van der Waals surface area contributed by atoms with Gasteiger partial charge in [-0.2, -0.15) is 5.26 Å². The van der Waals surface area contributed by atoms with Crippen LogP contribution >= 0.6 is 0 Å². The van der Waals surface area contributed by atoms with E-state index in [9.17, 15) is 9.59 Å². The zero-order chi connectivity index (χ0) is 17.2. The first-order valence-corrected chi connectivity index (χ1v) is 7.55. The Morgan fingerprint density at radius 3 is 2.35 bits per heavy atom. The molecule has 1 aromatic rings. The standard InChI is InChI=1S/C17H23N3O3/c1-12-5-6-13(2)17(14(12)3)23-11-16(22)20-10-4-9-19-15(21)7-8-18/h5-6H,4,7,9-11H2,1-3H3,(H,19,21)(H,20,22). The summed E-state index contributed by atoms with van der Waals surface area (Å²) in [6.07, 6.45) is 0.459. The zero-order valence-electron chi connectivity index (χ0n) is 13.9. The summed E-state index contributed by atoms with van der Waals surface area (Å²) in [7, 11) is 0. The Balaban J connectivity index is 2.27. The quantitative estimate of drug-likeness (QED) is 0.711. The number of nitrogens with zero attached hydrogens (tertiary/aromatic N) is 1. The summed E-state index contributed by atoms with van der Waals surface area (Å²) in [4.78, 5) is 22.8. The van der Waals surface area contributed by atoms with Crippen LogP contribution in [0.2, 0.25) is 0 Å². The van der Waals surface area contributed by atoms with Crippen molar-refractivity contribution in [2.24, 2.45) is 0 Å². The molecule has 0 heterocycles. The lowest BCUT2D eigenvalue weighted by Crippen LogP contribution is -2.32. The Kier molecular flexibility index (Phi) is 7.61. The van der Waals surface area contributed by atoms with E-state index in [-0.39, 0.29) is 24.8 Å². The third-order valence-corrected chi connectivity index (χ3v) is 3.46. The molecular formula is C17H23N3O3. The van der Waals surface area contributed by atoms with E-state index in [0.717, 1.165) is 22.4 Å². The number of nitrogens with one attached hydrogen (secondary N) is 2. The summed E-state index contributed by atoms with van der Waals surface area (Å²) in [5.74, 6) is 0.255. The highest BCUT2D eigenvalue weighted by Gasteiger charge is 2.09. The summed E-state index contributed by atoms with van der Waals surface area (Å²) >= 11 is 0. The van der Waals surface area contributed by atoms with E-state index in [1.807, 2.05) is 32.9 Å². The van der Waals surface area contributed by atoms with Crippen LogP contribution in [-0.2, 0) is 9.59 Å². The summed E-state index contributed by atoms with van der Waals surface area (Å²) < 4.78 is 5.62.